The molecule has 128 valence electrons. The van der Waals surface area contributed by atoms with Crippen LogP contribution in [0.25, 0.3) is 0 Å². The molecule has 0 aromatic heterocycles. The maximum atomic E-state index is 12.6. The molecule has 23 heavy (non-hydrogen) atoms. The highest BCUT2D eigenvalue weighted by Gasteiger charge is 2.72. The average molecular weight is 356 g/mol. The van der Waals surface area contributed by atoms with Crippen molar-refractivity contribution in [2.24, 2.45) is 11.1 Å². The van der Waals surface area contributed by atoms with Crippen LogP contribution in [-0.2, 0) is 21.0 Å². The molecule has 0 unspecified atom stereocenters. The standard InChI is InChI=1S/C17H25NO3S2/c1-4-12-7-9-13(10-8-12)14-15(23(19,20)6-3)17(14,16(18)22)11-21-5-2/h7-10,14-15H,4-6,11H2,1-3H3,(H2,18,22)/t14-,15+,17+/m1/s1. The molecule has 0 saturated heterocycles. The van der Waals surface area contributed by atoms with E-state index in [1.165, 1.54) is 5.56 Å². The molecule has 6 heteroatoms. The Balaban J connectivity index is 2.46. The lowest BCUT2D eigenvalue weighted by atomic mass is 9.98. The van der Waals surface area contributed by atoms with Crippen molar-refractivity contribution in [3.63, 3.8) is 0 Å². The summed E-state index contributed by atoms with van der Waals surface area (Å²) in [6, 6.07) is 8.06. The number of ether oxygens (including phenoxy) is 1. The van der Waals surface area contributed by atoms with Gasteiger partial charge in [0.25, 0.3) is 0 Å². The van der Waals surface area contributed by atoms with E-state index in [0.717, 1.165) is 12.0 Å². The van der Waals surface area contributed by atoms with E-state index >= 15 is 0 Å². The van der Waals surface area contributed by atoms with Crippen LogP contribution in [0.2, 0.25) is 0 Å². The minimum absolute atomic E-state index is 0.0811. The third-order valence-electron chi connectivity index (χ3n) is 4.80. The molecule has 3 atom stereocenters. The van der Waals surface area contributed by atoms with Gasteiger partial charge in [-0.2, -0.15) is 0 Å². The highest BCUT2D eigenvalue weighted by atomic mass is 32.2. The van der Waals surface area contributed by atoms with Crippen molar-refractivity contribution in [2.75, 3.05) is 19.0 Å². The summed E-state index contributed by atoms with van der Waals surface area (Å²) < 4.78 is 30.7. The summed E-state index contributed by atoms with van der Waals surface area (Å²) >= 11 is 5.26. The maximum Gasteiger partial charge on any atom is 0.154 e. The highest BCUT2D eigenvalue weighted by Crippen LogP contribution is 2.63. The second-order valence-electron chi connectivity index (χ2n) is 5.99. The second-order valence-corrected chi connectivity index (χ2v) is 8.84. The van der Waals surface area contributed by atoms with Crippen molar-refractivity contribution in [3.05, 3.63) is 35.4 Å². The van der Waals surface area contributed by atoms with E-state index in [9.17, 15) is 8.42 Å². The number of rotatable bonds is 8. The van der Waals surface area contributed by atoms with E-state index in [-0.39, 0.29) is 23.3 Å². The Morgan fingerprint density at radius 3 is 2.30 bits per heavy atom. The van der Waals surface area contributed by atoms with Crippen molar-refractivity contribution in [3.8, 4) is 0 Å². The minimum atomic E-state index is -3.27. The number of aryl methyl sites for hydroxylation is 1. The number of benzene rings is 1. The molecule has 0 amide bonds. The Labute approximate surface area is 144 Å². The molecule has 1 fully saturated rings. The van der Waals surface area contributed by atoms with Gasteiger partial charge < -0.3 is 10.5 Å². The van der Waals surface area contributed by atoms with E-state index < -0.39 is 20.5 Å². The number of sulfone groups is 1. The van der Waals surface area contributed by atoms with Gasteiger partial charge in [0.15, 0.2) is 9.84 Å². The third kappa shape index (κ3) is 3.16. The predicted octanol–water partition coefficient (Wildman–Crippen LogP) is 2.46. The third-order valence-corrected chi connectivity index (χ3v) is 7.45. The number of thiocarbonyl (C=S) groups is 1. The lowest BCUT2D eigenvalue weighted by Gasteiger charge is -2.16. The van der Waals surface area contributed by atoms with Crippen LogP contribution < -0.4 is 5.73 Å². The van der Waals surface area contributed by atoms with Crippen LogP contribution >= 0.6 is 12.2 Å². The molecule has 0 aliphatic heterocycles. The van der Waals surface area contributed by atoms with E-state index in [0.29, 0.717) is 6.61 Å². The van der Waals surface area contributed by atoms with Gasteiger partial charge in [-0.25, -0.2) is 8.42 Å². The summed E-state index contributed by atoms with van der Waals surface area (Å²) in [4.78, 5) is 0.234. The van der Waals surface area contributed by atoms with Crippen LogP contribution in [0.15, 0.2) is 24.3 Å². The monoisotopic (exact) mass is 355 g/mol. The Bertz CT molecular complexity index is 670. The topological polar surface area (TPSA) is 69.4 Å². The molecular weight excluding hydrogens is 330 g/mol. The van der Waals surface area contributed by atoms with Crippen LogP contribution in [0.3, 0.4) is 0 Å². The van der Waals surface area contributed by atoms with Gasteiger partial charge in [-0.1, -0.05) is 50.3 Å². The summed E-state index contributed by atoms with van der Waals surface area (Å²) in [5, 5.41) is -0.587. The molecule has 1 aromatic carbocycles. The van der Waals surface area contributed by atoms with Gasteiger partial charge in [-0.15, -0.1) is 0 Å². The Hall–Kier alpha value is -0.980. The van der Waals surface area contributed by atoms with Crippen molar-refractivity contribution >= 4 is 27.0 Å². The smallest absolute Gasteiger partial charge is 0.154 e. The van der Waals surface area contributed by atoms with Crippen LogP contribution in [0.5, 0.6) is 0 Å². The first-order chi connectivity index (χ1) is 10.8. The molecule has 1 aliphatic carbocycles. The first kappa shape index (κ1) is 18.4. The quantitative estimate of drug-likeness (QED) is 0.726. The Morgan fingerprint density at radius 2 is 1.87 bits per heavy atom. The van der Waals surface area contributed by atoms with Crippen molar-refractivity contribution in [1.29, 1.82) is 0 Å². The fourth-order valence-corrected chi connectivity index (χ4v) is 5.82. The molecule has 4 nitrogen and oxygen atoms in total. The summed E-state index contributed by atoms with van der Waals surface area (Å²) in [6.07, 6.45) is 0.945. The molecule has 1 aromatic rings. The molecule has 0 radical (unpaired) electrons. The normalized spacial score (nSPS) is 26.9. The van der Waals surface area contributed by atoms with E-state index in [1.54, 1.807) is 6.92 Å². The van der Waals surface area contributed by atoms with Gasteiger partial charge in [0.2, 0.25) is 0 Å². The molecule has 1 saturated carbocycles. The van der Waals surface area contributed by atoms with Gasteiger partial charge in [0.1, 0.15) is 0 Å². The second kappa shape index (κ2) is 6.87. The maximum absolute atomic E-state index is 12.6. The summed E-state index contributed by atoms with van der Waals surface area (Å²) in [7, 11) is -3.27. The van der Waals surface area contributed by atoms with Gasteiger partial charge in [-0.3, -0.25) is 0 Å². The van der Waals surface area contributed by atoms with Crippen molar-refractivity contribution in [1.82, 2.24) is 0 Å². The minimum Gasteiger partial charge on any atom is -0.393 e. The Kier molecular flexibility index (Phi) is 5.48. The van der Waals surface area contributed by atoms with Gasteiger partial charge in [0.05, 0.1) is 22.3 Å². The summed E-state index contributed by atoms with van der Waals surface area (Å²) in [5.74, 6) is -0.139. The first-order valence-electron chi connectivity index (χ1n) is 8.03. The lowest BCUT2D eigenvalue weighted by Crippen LogP contribution is -2.34. The molecule has 2 N–H and O–H groups in total. The predicted molar refractivity (Wildman–Crippen MR) is 97.5 cm³/mol. The zero-order chi connectivity index (χ0) is 17.3. The highest BCUT2D eigenvalue weighted by molar-refractivity contribution is 7.92. The molecule has 0 spiro atoms. The molecular formula is C17H25NO3S2. The van der Waals surface area contributed by atoms with Crippen LogP contribution in [0, 0.1) is 5.41 Å². The lowest BCUT2D eigenvalue weighted by molar-refractivity contribution is 0.121. The van der Waals surface area contributed by atoms with Crippen LogP contribution in [0.4, 0.5) is 0 Å². The van der Waals surface area contributed by atoms with Crippen molar-refractivity contribution < 1.29 is 13.2 Å². The Morgan fingerprint density at radius 1 is 1.26 bits per heavy atom. The molecule has 0 heterocycles. The fraction of sp³-hybridized carbons (Fsp3) is 0.588. The molecule has 1 aliphatic rings. The zero-order valence-electron chi connectivity index (χ0n) is 13.9. The van der Waals surface area contributed by atoms with E-state index in [2.05, 4.69) is 6.92 Å². The first-order valence-corrected chi connectivity index (χ1v) is 10.2. The number of hydrogen-bond acceptors (Lipinski definition) is 4. The summed E-state index contributed by atoms with van der Waals surface area (Å²) in [6.45, 7) is 6.39. The van der Waals surface area contributed by atoms with E-state index in [4.69, 9.17) is 22.7 Å². The number of nitrogens with two attached hydrogens (primary N) is 1. The molecule has 0 bridgehead atoms. The van der Waals surface area contributed by atoms with Crippen LogP contribution in [-0.4, -0.2) is 37.6 Å². The summed E-state index contributed by atoms with van der Waals surface area (Å²) in [5.41, 5.74) is 7.39. The van der Waals surface area contributed by atoms with E-state index in [1.807, 2.05) is 31.2 Å². The fourth-order valence-electron chi connectivity index (χ4n) is 3.35. The van der Waals surface area contributed by atoms with Crippen LogP contribution in [0.1, 0.15) is 37.8 Å². The SMILES string of the molecule is CCOC[C@]1(C(N)=S)[C@H](c2ccc(CC)cc2)[C@@H]1S(=O)(=O)CC. The number of hydrogen-bond donors (Lipinski definition) is 1. The average Bonchev–Trinajstić information content (AvgIpc) is 3.24. The largest absolute Gasteiger partial charge is 0.393 e. The van der Waals surface area contributed by atoms with Gasteiger partial charge in [0, 0.05) is 18.3 Å². The van der Waals surface area contributed by atoms with Crippen molar-refractivity contribution in [2.45, 2.75) is 38.4 Å². The van der Waals surface area contributed by atoms with Gasteiger partial charge in [-0.05, 0) is 24.5 Å². The van der Waals surface area contributed by atoms with Gasteiger partial charge >= 0.3 is 0 Å². The zero-order valence-corrected chi connectivity index (χ0v) is 15.5. The molecule has 2 rings (SSSR count).